The molecular weight excluding hydrogens is 183 g/mol. The van der Waals surface area contributed by atoms with Crippen LogP contribution in [-0.4, -0.2) is 10.8 Å². The third-order valence-corrected chi connectivity index (χ3v) is 2.17. The molecule has 0 N–H and O–H groups in total. The van der Waals surface area contributed by atoms with Crippen molar-refractivity contribution in [2.24, 2.45) is 0 Å². The summed E-state index contributed by atoms with van der Waals surface area (Å²) < 4.78 is 12.5. The normalized spacial score (nSPS) is 14.1. The molecule has 0 aliphatic carbocycles. The van der Waals surface area contributed by atoms with E-state index in [-0.39, 0.29) is 11.5 Å². The largest absolute Gasteiger partial charge is 0.298 e. The maximum atomic E-state index is 12.5. The molecular formula is C10H9FN2O. The third-order valence-electron chi connectivity index (χ3n) is 2.17. The van der Waals surface area contributed by atoms with Crippen LogP contribution < -0.4 is 0 Å². The SMILES string of the molecule is CC(=O)C(C)(C#N)c1ccc(F)cn1. The van der Waals surface area contributed by atoms with Crippen LogP contribution in [0.1, 0.15) is 19.5 Å². The zero-order valence-corrected chi connectivity index (χ0v) is 7.91. The van der Waals surface area contributed by atoms with Gasteiger partial charge in [0.25, 0.3) is 0 Å². The van der Waals surface area contributed by atoms with E-state index in [9.17, 15) is 9.18 Å². The van der Waals surface area contributed by atoms with Crippen molar-refractivity contribution >= 4 is 5.78 Å². The number of halogens is 1. The van der Waals surface area contributed by atoms with Crippen LogP contribution in [0.2, 0.25) is 0 Å². The van der Waals surface area contributed by atoms with Gasteiger partial charge in [-0.2, -0.15) is 5.26 Å². The predicted molar refractivity (Wildman–Crippen MR) is 47.8 cm³/mol. The van der Waals surface area contributed by atoms with Crippen molar-refractivity contribution in [3.05, 3.63) is 29.8 Å². The van der Waals surface area contributed by atoms with E-state index in [4.69, 9.17) is 5.26 Å². The molecule has 0 radical (unpaired) electrons. The first-order valence-electron chi connectivity index (χ1n) is 4.05. The van der Waals surface area contributed by atoms with E-state index >= 15 is 0 Å². The molecule has 0 aliphatic rings. The molecule has 1 rings (SSSR count). The maximum Gasteiger partial charge on any atom is 0.155 e. The number of nitrogens with zero attached hydrogens (tertiary/aromatic N) is 2. The molecule has 0 fully saturated rings. The van der Waals surface area contributed by atoms with Gasteiger partial charge in [0.1, 0.15) is 5.82 Å². The fourth-order valence-electron chi connectivity index (χ4n) is 0.988. The first-order valence-corrected chi connectivity index (χ1v) is 4.05. The van der Waals surface area contributed by atoms with E-state index in [1.807, 2.05) is 6.07 Å². The third kappa shape index (κ3) is 1.62. The minimum Gasteiger partial charge on any atom is -0.298 e. The van der Waals surface area contributed by atoms with E-state index in [0.717, 1.165) is 6.20 Å². The molecule has 0 spiro atoms. The van der Waals surface area contributed by atoms with Crippen molar-refractivity contribution in [3.8, 4) is 6.07 Å². The lowest BCUT2D eigenvalue weighted by molar-refractivity contribution is -0.120. The highest BCUT2D eigenvalue weighted by molar-refractivity contribution is 5.90. The standard InChI is InChI=1S/C10H9FN2O/c1-7(14)10(2,6-12)9-4-3-8(11)5-13-9/h3-5H,1-2H3. The van der Waals surface area contributed by atoms with Crippen molar-refractivity contribution in [2.45, 2.75) is 19.3 Å². The van der Waals surface area contributed by atoms with Crippen molar-refractivity contribution in [2.75, 3.05) is 0 Å². The van der Waals surface area contributed by atoms with Gasteiger partial charge in [-0.3, -0.25) is 9.78 Å². The van der Waals surface area contributed by atoms with Crippen molar-refractivity contribution < 1.29 is 9.18 Å². The highest BCUT2D eigenvalue weighted by Gasteiger charge is 2.33. The van der Waals surface area contributed by atoms with Crippen molar-refractivity contribution in [1.29, 1.82) is 5.26 Å². The number of carbonyl (C=O) groups excluding carboxylic acids is 1. The highest BCUT2D eigenvalue weighted by atomic mass is 19.1. The Balaban J connectivity index is 3.22. The van der Waals surface area contributed by atoms with Gasteiger partial charge in [-0.05, 0) is 26.0 Å². The van der Waals surface area contributed by atoms with Crippen LogP contribution in [0, 0.1) is 17.1 Å². The molecule has 0 amide bonds. The number of ketones is 1. The van der Waals surface area contributed by atoms with E-state index in [2.05, 4.69) is 4.98 Å². The molecule has 3 nitrogen and oxygen atoms in total. The summed E-state index contributed by atoms with van der Waals surface area (Å²) in [6.45, 7) is 2.78. The van der Waals surface area contributed by atoms with E-state index < -0.39 is 11.2 Å². The van der Waals surface area contributed by atoms with Crippen LogP contribution in [0.15, 0.2) is 18.3 Å². The molecule has 0 aromatic carbocycles. The number of rotatable bonds is 2. The predicted octanol–water partition coefficient (Wildman–Crippen LogP) is 1.59. The van der Waals surface area contributed by atoms with Crippen molar-refractivity contribution in [1.82, 2.24) is 4.98 Å². The van der Waals surface area contributed by atoms with Gasteiger partial charge in [0.05, 0.1) is 18.0 Å². The Morgan fingerprint density at radius 3 is 2.64 bits per heavy atom. The van der Waals surface area contributed by atoms with Crippen LogP contribution >= 0.6 is 0 Å². The molecule has 1 aromatic heterocycles. The van der Waals surface area contributed by atoms with E-state index in [1.54, 1.807) is 0 Å². The Morgan fingerprint density at radius 1 is 1.64 bits per heavy atom. The van der Waals surface area contributed by atoms with Gasteiger partial charge in [0, 0.05) is 0 Å². The average Bonchev–Trinajstić information content (AvgIpc) is 2.17. The molecule has 4 heteroatoms. The minimum absolute atomic E-state index is 0.272. The fourth-order valence-corrected chi connectivity index (χ4v) is 0.988. The molecule has 1 unspecified atom stereocenters. The number of Topliss-reactive ketones (excluding diaryl/α,β-unsaturated/α-hetero) is 1. The molecule has 0 saturated heterocycles. The minimum atomic E-state index is -1.28. The summed E-state index contributed by atoms with van der Waals surface area (Å²) in [6, 6.07) is 4.41. The summed E-state index contributed by atoms with van der Waals surface area (Å²) in [7, 11) is 0. The number of hydrogen-bond acceptors (Lipinski definition) is 3. The number of pyridine rings is 1. The first-order chi connectivity index (χ1) is 6.50. The molecule has 0 aliphatic heterocycles. The van der Waals surface area contributed by atoms with Gasteiger partial charge < -0.3 is 0 Å². The topological polar surface area (TPSA) is 53.8 Å². The number of carbonyl (C=O) groups is 1. The van der Waals surface area contributed by atoms with Crippen LogP contribution in [0.5, 0.6) is 0 Å². The molecule has 1 heterocycles. The summed E-state index contributed by atoms with van der Waals surface area (Å²) >= 11 is 0. The number of hydrogen-bond donors (Lipinski definition) is 0. The van der Waals surface area contributed by atoms with Gasteiger partial charge in [-0.15, -0.1) is 0 Å². The monoisotopic (exact) mass is 192 g/mol. The van der Waals surface area contributed by atoms with E-state index in [1.165, 1.54) is 26.0 Å². The second kappa shape index (κ2) is 3.54. The second-order valence-corrected chi connectivity index (χ2v) is 3.15. The van der Waals surface area contributed by atoms with Gasteiger partial charge >= 0.3 is 0 Å². The summed E-state index contributed by atoms with van der Waals surface area (Å²) in [5, 5.41) is 8.87. The lowest BCUT2D eigenvalue weighted by atomic mass is 9.84. The molecule has 14 heavy (non-hydrogen) atoms. The molecule has 0 bridgehead atoms. The lowest BCUT2D eigenvalue weighted by Crippen LogP contribution is -2.29. The maximum absolute atomic E-state index is 12.5. The van der Waals surface area contributed by atoms with E-state index in [0.29, 0.717) is 0 Å². The Kier molecular flexibility index (Phi) is 2.61. The van der Waals surface area contributed by atoms with Crippen LogP contribution in [0.3, 0.4) is 0 Å². The summed E-state index contributed by atoms with van der Waals surface area (Å²) in [5.41, 5.74) is -1.01. The highest BCUT2D eigenvalue weighted by Crippen LogP contribution is 2.21. The zero-order chi connectivity index (χ0) is 10.8. The summed E-state index contributed by atoms with van der Waals surface area (Å²) in [4.78, 5) is 14.9. The fraction of sp³-hybridized carbons (Fsp3) is 0.300. The van der Waals surface area contributed by atoms with Gasteiger partial charge in [0.2, 0.25) is 0 Å². The summed E-state index contributed by atoms with van der Waals surface area (Å²) in [5.74, 6) is -0.795. The quantitative estimate of drug-likeness (QED) is 0.715. The van der Waals surface area contributed by atoms with Crippen LogP contribution in [0.25, 0.3) is 0 Å². The smallest absolute Gasteiger partial charge is 0.155 e. The van der Waals surface area contributed by atoms with Crippen LogP contribution in [-0.2, 0) is 10.2 Å². The van der Waals surface area contributed by atoms with Crippen LogP contribution in [0.4, 0.5) is 4.39 Å². The van der Waals surface area contributed by atoms with Crippen molar-refractivity contribution in [3.63, 3.8) is 0 Å². The Morgan fingerprint density at radius 2 is 2.29 bits per heavy atom. The lowest BCUT2D eigenvalue weighted by Gasteiger charge is -2.16. The second-order valence-electron chi connectivity index (χ2n) is 3.15. The van der Waals surface area contributed by atoms with Gasteiger partial charge in [-0.25, -0.2) is 4.39 Å². The zero-order valence-electron chi connectivity index (χ0n) is 7.91. The van der Waals surface area contributed by atoms with Gasteiger partial charge in [-0.1, -0.05) is 0 Å². The number of nitriles is 1. The molecule has 1 aromatic rings. The van der Waals surface area contributed by atoms with Gasteiger partial charge in [0.15, 0.2) is 11.2 Å². The first kappa shape index (κ1) is 10.3. The Bertz CT molecular complexity index is 394. The Labute approximate surface area is 81.2 Å². The molecule has 72 valence electrons. The summed E-state index contributed by atoms with van der Waals surface area (Å²) in [6.07, 6.45) is 0.994. The molecule has 0 saturated carbocycles. The molecule has 1 atom stereocenters. The average molecular weight is 192 g/mol. The number of aromatic nitrogens is 1. The Hall–Kier alpha value is -1.76.